The molecule has 0 radical (unpaired) electrons. The average Bonchev–Trinajstić information content (AvgIpc) is 2.65. The predicted octanol–water partition coefficient (Wildman–Crippen LogP) is 5.95. The van der Waals surface area contributed by atoms with Crippen LogP contribution in [0.4, 0.5) is 32.0 Å². The molecule has 1 aromatic carbocycles. The van der Waals surface area contributed by atoms with E-state index in [1.165, 1.54) is 24.6 Å². The summed E-state index contributed by atoms with van der Waals surface area (Å²) in [5.41, 5.74) is -4.49. The molecule has 3 rings (SSSR count). The molecular formula is C18H9BrF6N2O2S. The molecule has 1 aliphatic carbocycles. The molecule has 1 heterocycles. The number of nitrogens with one attached hydrogen (secondary N) is 1. The van der Waals surface area contributed by atoms with Crippen LogP contribution in [-0.2, 0) is 12.4 Å². The number of alkyl halides is 6. The molecule has 0 unspecified atom stereocenters. The Morgan fingerprint density at radius 3 is 2.27 bits per heavy atom. The number of aromatic nitrogens is 1. The third-order valence-corrected chi connectivity index (χ3v) is 5.75. The van der Waals surface area contributed by atoms with Gasteiger partial charge in [-0.3, -0.25) is 14.6 Å². The van der Waals surface area contributed by atoms with Crippen LogP contribution in [0.15, 0.2) is 45.5 Å². The maximum absolute atomic E-state index is 13.3. The van der Waals surface area contributed by atoms with Crippen LogP contribution in [0.1, 0.15) is 32.0 Å². The number of halogens is 7. The van der Waals surface area contributed by atoms with Gasteiger partial charge in [0, 0.05) is 6.20 Å². The van der Waals surface area contributed by atoms with E-state index < -0.39 is 50.9 Å². The lowest BCUT2D eigenvalue weighted by Crippen LogP contribution is -2.26. The van der Waals surface area contributed by atoms with E-state index in [1.54, 1.807) is 0 Å². The average molecular weight is 511 g/mol. The fourth-order valence-corrected chi connectivity index (χ4v) is 3.94. The van der Waals surface area contributed by atoms with E-state index in [0.717, 1.165) is 11.8 Å². The number of carbonyl (C=O) groups excluding carboxylic acids is 2. The van der Waals surface area contributed by atoms with E-state index in [4.69, 9.17) is 0 Å². The number of Topliss-reactive ketones (excluding diaryl/α,β-unsaturated/α-hetero) is 2. The third kappa shape index (κ3) is 3.97. The zero-order valence-corrected chi connectivity index (χ0v) is 17.1. The van der Waals surface area contributed by atoms with Crippen molar-refractivity contribution in [3.63, 3.8) is 0 Å². The summed E-state index contributed by atoms with van der Waals surface area (Å²) < 4.78 is 78.6. The number of nitrogens with zero attached hydrogens (tertiary/aromatic N) is 1. The van der Waals surface area contributed by atoms with E-state index in [2.05, 4.69) is 26.2 Å². The standard InChI is InChI=1S/C18H9BrF6N2O2S/c1-30-16-13(14(28)8-3-2-4-26-12(8)15(16)29)27-10-6-7(17(20,21)22)5-9(11(10)19)18(23,24)25/h2-6,27H,1H3. The molecule has 1 aliphatic rings. The van der Waals surface area contributed by atoms with Gasteiger partial charge < -0.3 is 5.32 Å². The Kier molecular flexibility index (Phi) is 5.76. The SMILES string of the molecule is CSC1=C(Nc2cc(C(F)(F)F)cc(C(F)(F)F)c2Br)C(=O)c2cccnc2C1=O. The highest BCUT2D eigenvalue weighted by Gasteiger charge is 2.40. The Balaban J connectivity index is 2.20. The van der Waals surface area contributed by atoms with Crippen molar-refractivity contribution in [2.45, 2.75) is 12.4 Å². The first-order chi connectivity index (χ1) is 13.9. The second kappa shape index (κ2) is 7.73. The summed E-state index contributed by atoms with van der Waals surface area (Å²) in [5.74, 6) is -1.45. The second-order valence-corrected chi connectivity index (χ2v) is 7.58. The molecule has 30 heavy (non-hydrogen) atoms. The maximum atomic E-state index is 13.3. The van der Waals surface area contributed by atoms with Crippen molar-refractivity contribution in [2.75, 3.05) is 11.6 Å². The normalized spacial score (nSPS) is 14.8. The summed E-state index contributed by atoms with van der Waals surface area (Å²) in [6.07, 6.45) is -7.44. The van der Waals surface area contributed by atoms with Crippen molar-refractivity contribution in [2.24, 2.45) is 0 Å². The quantitative estimate of drug-likeness (QED) is 0.517. The van der Waals surface area contributed by atoms with Gasteiger partial charge in [0.2, 0.25) is 11.6 Å². The zero-order valence-electron chi connectivity index (χ0n) is 14.7. The number of allylic oxidation sites excluding steroid dienone is 2. The first-order valence-corrected chi connectivity index (χ1v) is 9.95. The Morgan fingerprint density at radius 1 is 1.03 bits per heavy atom. The number of thioether (sulfide) groups is 1. The van der Waals surface area contributed by atoms with Crippen LogP contribution in [0.2, 0.25) is 0 Å². The molecule has 2 aromatic rings. The molecule has 1 N–H and O–H groups in total. The molecule has 0 amide bonds. The highest BCUT2D eigenvalue weighted by molar-refractivity contribution is 9.10. The Bertz CT molecular complexity index is 1100. The van der Waals surface area contributed by atoms with E-state index in [0.29, 0.717) is 6.07 Å². The van der Waals surface area contributed by atoms with Crippen LogP contribution in [0.5, 0.6) is 0 Å². The molecule has 0 bridgehead atoms. The largest absolute Gasteiger partial charge is 0.417 e. The van der Waals surface area contributed by atoms with Gasteiger partial charge in [0.05, 0.1) is 31.8 Å². The molecule has 0 atom stereocenters. The van der Waals surface area contributed by atoms with Gasteiger partial charge in [0.15, 0.2) is 0 Å². The number of anilines is 1. The van der Waals surface area contributed by atoms with Gasteiger partial charge in [-0.25, -0.2) is 0 Å². The Hall–Kier alpha value is -2.34. The van der Waals surface area contributed by atoms with E-state index >= 15 is 0 Å². The zero-order chi connectivity index (χ0) is 22.4. The van der Waals surface area contributed by atoms with E-state index in [-0.39, 0.29) is 22.2 Å². The predicted molar refractivity (Wildman–Crippen MR) is 101 cm³/mol. The minimum atomic E-state index is -5.10. The van der Waals surface area contributed by atoms with Crippen molar-refractivity contribution in [1.82, 2.24) is 4.98 Å². The number of ketones is 2. The van der Waals surface area contributed by atoms with Gasteiger partial charge in [0.1, 0.15) is 11.4 Å². The lowest BCUT2D eigenvalue weighted by Gasteiger charge is -2.22. The molecule has 0 spiro atoms. The number of hydrogen-bond donors (Lipinski definition) is 1. The number of fused-ring (bicyclic) bond motifs is 1. The highest BCUT2D eigenvalue weighted by atomic mass is 79.9. The van der Waals surface area contributed by atoms with Crippen molar-refractivity contribution in [1.29, 1.82) is 0 Å². The molecular weight excluding hydrogens is 502 g/mol. The molecule has 1 aromatic heterocycles. The van der Waals surface area contributed by atoms with Crippen LogP contribution in [0.25, 0.3) is 0 Å². The lowest BCUT2D eigenvalue weighted by molar-refractivity contribution is -0.143. The van der Waals surface area contributed by atoms with Crippen LogP contribution < -0.4 is 5.32 Å². The molecule has 158 valence electrons. The van der Waals surface area contributed by atoms with Crippen molar-refractivity contribution < 1.29 is 35.9 Å². The van der Waals surface area contributed by atoms with Gasteiger partial charge in [0.25, 0.3) is 0 Å². The number of pyridine rings is 1. The monoisotopic (exact) mass is 510 g/mol. The fourth-order valence-electron chi connectivity index (χ4n) is 2.76. The first kappa shape index (κ1) is 22.3. The van der Waals surface area contributed by atoms with Gasteiger partial charge in [-0.05, 0) is 46.5 Å². The summed E-state index contributed by atoms with van der Waals surface area (Å²) in [6, 6.07) is 3.07. The maximum Gasteiger partial charge on any atom is 0.417 e. The van der Waals surface area contributed by atoms with Crippen LogP contribution in [0, 0.1) is 0 Å². The summed E-state index contributed by atoms with van der Waals surface area (Å²) in [6.45, 7) is 0. The summed E-state index contributed by atoms with van der Waals surface area (Å²) >= 11 is 3.49. The second-order valence-electron chi connectivity index (χ2n) is 5.97. The minimum Gasteiger partial charge on any atom is -0.350 e. The Labute approximate surface area is 177 Å². The molecule has 0 saturated carbocycles. The molecule has 0 aliphatic heterocycles. The summed E-state index contributed by atoms with van der Waals surface area (Å²) in [5, 5.41) is 2.31. The third-order valence-electron chi connectivity index (χ3n) is 4.10. The minimum absolute atomic E-state index is 0.0355. The Morgan fingerprint density at radius 2 is 1.70 bits per heavy atom. The smallest absolute Gasteiger partial charge is 0.350 e. The highest BCUT2D eigenvalue weighted by Crippen LogP contribution is 2.44. The van der Waals surface area contributed by atoms with Crippen LogP contribution in [0.3, 0.4) is 0 Å². The van der Waals surface area contributed by atoms with Gasteiger partial charge >= 0.3 is 12.4 Å². The van der Waals surface area contributed by atoms with E-state index in [1.807, 2.05) is 0 Å². The molecule has 0 fully saturated rings. The fraction of sp³-hybridized carbons (Fsp3) is 0.167. The summed E-state index contributed by atoms with van der Waals surface area (Å²) in [7, 11) is 0. The molecule has 12 heteroatoms. The number of hydrogen-bond acceptors (Lipinski definition) is 5. The van der Waals surface area contributed by atoms with Crippen molar-refractivity contribution in [3.8, 4) is 0 Å². The molecule has 0 saturated heterocycles. The van der Waals surface area contributed by atoms with Gasteiger partial charge in [-0.15, -0.1) is 11.8 Å². The number of rotatable bonds is 3. The lowest BCUT2D eigenvalue weighted by atomic mass is 9.96. The summed E-state index contributed by atoms with van der Waals surface area (Å²) in [4.78, 5) is 29.1. The molecule has 4 nitrogen and oxygen atoms in total. The topological polar surface area (TPSA) is 59.1 Å². The first-order valence-electron chi connectivity index (χ1n) is 7.94. The number of carbonyl (C=O) groups is 2. The number of benzene rings is 1. The van der Waals surface area contributed by atoms with Crippen LogP contribution in [-0.4, -0.2) is 22.8 Å². The van der Waals surface area contributed by atoms with Crippen LogP contribution >= 0.6 is 27.7 Å². The van der Waals surface area contributed by atoms with Gasteiger partial charge in [-0.2, -0.15) is 26.3 Å². The van der Waals surface area contributed by atoms with Crippen molar-refractivity contribution in [3.05, 3.63) is 67.9 Å². The van der Waals surface area contributed by atoms with E-state index in [9.17, 15) is 35.9 Å². The van der Waals surface area contributed by atoms with Crippen molar-refractivity contribution >= 4 is 44.9 Å². The van der Waals surface area contributed by atoms with Gasteiger partial charge in [-0.1, -0.05) is 0 Å².